The van der Waals surface area contributed by atoms with Gasteiger partial charge in [0.15, 0.2) is 0 Å². The molecule has 6 heteroatoms. The predicted octanol–water partition coefficient (Wildman–Crippen LogP) is 2.45. The van der Waals surface area contributed by atoms with Gasteiger partial charge in [0.25, 0.3) is 0 Å². The van der Waals surface area contributed by atoms with Gasteiger partial charge in [-0.05, 0) is 52.3 Å². The van der Waals surface area contributed by atoms with E-state index in [0.29, 0.717) is 15.8 Å². The average molecular weight is 327 g/mol. The summed E-state index contributed by atoms with van der Waals surface area (Å²) >= 11 is 3.21. The van der Waals surface area contributed by atoms with Crippen LogP contribution >= 0.6 is 15.9 Å². The molecule has 0 saturated heterocycles. The van der Waals surface area contributed by atoms with Crippen LogP contribution in [-0.4, -0.2) is 8.42 Å². The highest BCUT2D eigenvalue weighted by molar-refractivity contribution is 9.10. The van der Waals surface area contributed by atoms with Crippen LogP contribution in [0.2, 0.25) is 0 Å². The molecule has 0 fully saturated rings. The Kier molecular flexibility index (Phi) is 3.32. The van der Waals surface area contributed by atoms with Crippen LogP contribution in [0.1, 0.15) is 0 Å². The fourth-order valence-corrected chi connectivity index (χ4v) is 3.36. The van der Waals surface area contributed by atoms with Crippen LogP contribution in [0.3, 0.4) is 0 Å². The second-order valence-corrected chi connectivity index (χ2v) is 6.56. The van der Waals surface area contributed by atoms with Gasteiger partial charge in [0.05, 0.1) is 9.79 Å². The first kappa shape index (κ1) is 12.9. The van der Waals surface area contributed by atoms with Crippen molar-refractivity contribution < 1.29 is 8.42 Å². The maximum absolute atomic E-state index is 12.3. The summed E-state index contributed by atoms with van der Waals surface area (Å²) in [7, 11) is -3.57. The lowest BCUT2D eigenvalue weighted by Gasteiger charge is -2.07. The molecule has 0 radical (unpaired) electrons. The Morgan fingerprint density at radius 1 is 0.944 bits per heavy atom. The van der Waals surface area contributed by atoms with Crippen LogP contribution in [0, 0.1) is 0 Å². The Morgan fingerprint density at radius 3 is 2.22 bits per heavy atom. The fraction of sp³-hybridized carbons (Fsp3) is 0. The third kappa shape index (κ3) is 2.34. The van der Waals surface area contributed by atoms with E-state index in [1.165, 1.54) is 24.3 Å². The van der Waals surface area contributed by atoms with E-state index in [1.807, 2.05) is 0 Å². The summed E-state index contributed by atoms with van der Waals surface area (Å²) in [6.45, 7) is 0. The lowest BCUT2D eigenvalue weighted by Crippen LogP contribution is -2.03. The quantitative estimate of drug-likeness (QED) is 0.830. The predicted molar refractivity (Wildman–Crippen MR) is 74.9 cm³/mol. The van der Waals surface area contributed by atoms with Crippen molar-refractivity contribution in [1.29, 1.82) is 0 Å². The van der Waals surface area contributed by atoms with Crippen LogP contribution in [0.5, 0.6) is 0 Å². The fourth-order valence-electron chi connectivity index (χ4n) is 1.49. The highest BCUT2D eigenvalue weighted by Gasteiger charge is 2.18. The summed E-state index contributed by atoms with van der Waals surface area (Å²) in [5.41, 5.74) is 12.1. The van der Waals surface area contributed by atoms with E-state index in [4.69, 9.17) is 11.5 Å². The minimum atomic E-state index is -3.57. The van der Waals surface area contributed by atoms with Crippen molar-refractivity contribution in [3.8, 4) is 0 Å². The van der Waals surface area contributed by atoms with Gasteiger partial charge < -0.3 is 11.5 Å². The molecule has 4 N–H and O–H groups in total. The van der Waals surface area contributed by atoms with E-state index in [-0.39, 0.29) is 9.79 Å². The molecule has 0 saturated carbocycles. The Morgan fingerprint density at radius 2 is 1.61 bits per heavy atom. The van der Waals surface area contributed by atoms with Gasteiger partial charge in [0, 0.05) is 15.8 Å². The van der Waals surface area contributed by atoms with Crippen LogP contribution < -0.4 is 11.5 Å². The van der Waals surface area contributed by atoms with Gasteiger partial charge in [-0.3, -0.25) is 0 Å². The third-order valence-corrected chi connectivity index (χ3v) is 4.89. The second kappa shape index (κ2) is 4.62. The molecular formula is C12H11BrN2O2S. The molecule has 0 heterocycles. The molecule has 0 atom stereocenters. The third-order valence-electron chi connectivity index (χ3n) is 2.45. The van der Waals surface area contributed by atoms with Crippen molar-refractivity contribution in [2.75, 3.05) is 11.5 Å². The number of hydrogen-bond donors (Lipinski definition) is 2. The van der Waals surface area contributed by atoms with E-state index in [2.05, 4.69) is 15.9 Å². The minimum Gasteiger partial charge on any atom is -0.399 e. The van der Waals surface area contributed by atoms with Crippen LogP contribution in [0.25, 0.3) is 0 Å². The smallest absolute Gasteiger partial charge is 0.206 e. The first-order valence-electron chi connectivity index (χ1n) is 5.07. The van der Waals surface area contributed by atoms with Crippen LogP contribution in [0.15, 0.2) is 56.7 Å². The lowest BCUT2D eigenvalue weighted by atomic mass is 10.3. The zero-order valence-electron chi connectivity index (χ0n) is 9.30. The first-order chi connectivity index (χ1) is 8.41. The maximum Gasteiger partial charge on any atom is 0.206 e. The average Bonchev–Trinajstić information content (AvgIpc) is 2.32. The van der Waals surface area contributed by atoms with Crippen molar-refractivity contribution >= 4 is 37.1 Å². The van der Waals surface area contributed by atoms with E-state index in [1.54, 1.807) is 18.2 Å². The summed E-state index contributed by atoms with van der Waals surface area (Å²) < 4.78 is 25.2. The molecule has 0 aliphatic heterocycles. The maximum atomic E-state index is 12.3. The normalized spacial score (nSPS) is 11.4. The van der Waals surface area contributed by atoms with Crippen LogP contribution in [-0.2, 0) is 9.84 Å². The van der Waals surface area contributed by atoms with Crippen molar-refractivity contribution in [3.63, 3.8) is 0 Å². The number of hydrogen-bond acceptors (Lipinski definition) is 4. The minimum absolute atomic E-state index is 0.166. The molecule has 2 aromatic rings. The van der Waals surface area contributed by atoms with Gasteiger partial charge >= 0.3 is 0 Å². The van der Waals surface area contributed by atoms with Gasteiger partial charge in [0.2, 0.25) is 9.84 Å². The van der Waals surface area contributed by atoms with Gasteiger partial charge in [-0.1, -0.05) is 6.07 Å². The van der Waals surface area contributed by atoms with E-state index < -0.39 is 9.84 Å². The monoisotopic (exact) mass is 326 g/mol. The SMILES string of the molecule is Nc1cccc(S(=O)(=O)c2ccc(N)c(Br)c2)c1. The molecule has 2 aromatic carbocycles. The Hall–Kier alpha value is -1.53. The molecule has 18 heavy (non-hydrogen) atoms. The van der Waals surface area contributed by atoms with Crippen molar-refractivity contribution in [3.05, 3.63) is 46.9 Å². The van der Waals surface area contributed by atoms with Crippen molar-refractivity contribution in [1.82, 2.24) is 0 Å². The van der Waals surface area contributed by atoms with Crippen molar-refractivity contribution in [2.24, 2.45) is 0 Å². The zero-order chi connectivity index (χ0) is 13.3. The second-order valence-electron chi connectivity index (χ2n) is 3.76. The van der Waals surface area contributed by atoms with Gasteiger partial charge in [0.1, 0.15) is 0 Å². The van der Waals surface area contributed by atoms with Crippen molar-refractivity contribution in [2.45, 2.75) is 9.79 Å². The summed E-state index contributed by atoms with van der Waals surface area (Å²) in [6, 6.07) is 10.7. The van der Waals surface area contributed by atoms with Gasteiger partial charge in [-0.25, -0.2) is 8.42 Å². The molecule has 0 spiro atoms. The topological polar surface area (TPSA) is 86.2 Å². The molecule has 0 aromatic heterocycles. The molecule has 0 bridgehead atoms. The molecule has 2 rings (SSSR count). The molecule has 0 unspecified atom stereocenters. The largest absolute Gasteiger partial charge is 0.399 e. The van der Waals surface area contributed by atoms with E-state index in [0.717, 1.165) is 0 Å². The van der Waals surface area contributed by atoms with Gasteiger partial charge in [-0.2, -0.15) is 0 Å². The lowest BCUT2D eigenvalue weighted by molar-refractivity contribution is 0.596. The zero-order valence-corrected chi connectivity index (χ0v) is 11.7. The highest BCUT2D eigenvalue weighted by atomic mass is 79.9. The summed E-state index contributed by atoms with van der Waals surface area (Å²) in [6.07, 6.45) is 0. The standard InChI is InChI=1S/C12H11BrN2O2S/c13-11-7-10(4-5-12(11)15)18(16,17)9-3-1-2-8(14)6-9/h1-7H,14-15H2. The summed E-state index contributed by atoms with van der Waals surface area (Å²) in [5.74, 6) is 0. The molecule has 4 nitrogen and oxygen atoms in total. The van der Waals surface area contributed by atoms with Crippen LogP contribution in [0.4, 0.5) is 11.4 Å². The molecule has 0 aliphatic rings. The number of rotatable bonds is 2. The Bertz CT molecular complexity index is 699. The van der Waals surface area contributed by atoms with Gasteiger partial charge in [-0.15, -0.1) is 0 Å². The molecular weight excluding hydrogens is 316 g/mol. The number of nitrogen functional groups attached to an aromatic ring is 2. The number of anilines is 2. The molecule has 94 valence electrons. The first-order valence-corrected chi connectivity index (χ1v) is 7.34. The Labute approximate surface area is 114 Å². The summed E-state index contributed by atoms with van der Waals surface area (Å²) in [4.78, 5) is 0.341. The number of sulfone groups is 1. The number of halogens is 1. The van der Waals surface area contributed by atoms with E-state index in [9.17, 15) is 8.42 Å². The number of nitrogens with two attached hydrogens (primary N) is 2. The Balaban J connectivity index is 2.58. The number of benzene rings is 2. The summed E-state index contributed by atoms with van der Waals surface area (Å²) in [5, 5.41) is 0. The molecule has 0 aliphatic carbocycles. The molecule has 0 amide bonds. The van der Waals surface area contributed by atoms with E-state index >= 15 is 0 Å². The highest BCUT2D eigenvalue weighted by Crippen LogP contribution is 2.27.